The minimum Gasteiger partial charge on any atom is -0.497 e. The lowest BCUT2D eigenvalue weighted by molar-refractivity contribution is 0.0342. The van der Waals surface area contributed by atoms with Gasteiger partial charge in [-0.1, -0.05) is 24.3 Å². The van der Waals surface area contributed by atoms with Crippen molar-refractivity contribution in [2.24, 2.45) is 0 Å². The summed E-state index contributed by atoms with van der Waals surface area (Å²) in [7, 11) is -2.01. The summed E-state index contributed by atoms with van der Waals surface area (Å²) >= 11 is 0. The highest BCUT2D eigenvalue weighted by Crippen LogP contribution is 2.16. The summed E-state index contributed by atoms with van der Waals surface area (Å²) in [5.74, 6) is 0.625. The van der Waals surface area contributed by atoms with Gasteiger partial charge >= 0.3 is 0 Å². The highest BCUT2D eigenvalue weighted by molar-refractivity contribution is 7.89. The number of nitrogens with zero attached hydrogens (tertiary/aromatic N) is 1. The number of morpholine rings is 1. The molecule has 2 aromatic carbocycles. The summed E-state index contributed by atoms with van der Waals surface area (Å²) in [4.78, 5) is 2.56. The van der Waals surface area contributed by atoms with Crippen molar-refractivity contribution in [1.29, 1.82) is 0 Å². The number of methoxy groups -OCH3 is 1. The van der Waals surface area contributed by atoms with Gasteiger partial charge in [0.25, 0.3) is 0 Å². The number of nitrogens with one attached hydrogen (secondary N) is 1. The Bertz CT molecular complexity index is 816. The second-order valence-electron chi connectivity index (χ2n) is 6.21. The number of ether oxygens (including phenoxy) is 2. The van der Waals surface area contributed by atoms with Crippen LogP contribution in [0.1, 0.15) is 11.1 Å². The molecule has 1 saturated heterocycles. The molecule has 1 aliphatic heterocycles. The first kappa shape index (κ1) is 18.8. The van der Waals surface area contributed by atoms with Gasteiger partial charge in [0.15, 0.2) is 0 Å². The van der Waals surface area contributed by atoms with Crippen LogP contribution in [0.2, 0.25) is 0 Å². The highest BCUT2D eigenvalue weighted by atomic mass is 32.2. The lowest BCUT2D eigenvalue weighted by atomic mass is 10.1. The lowest BCUT2D eigenvalue weighted by Gasteiger charge is -2.26. The van der Waals surface area contributed by atoms with Crippen LogP contribution in [0.15, 0.2) is 53.4 Å². The van der Waals surface area contributed by atoms with Gasteiger partial charge in [0, 0.05) is 26.2 Å². The van der Waals surface area contributed by atoms with Crippen molar-refractivity contribution >= 4 is 10.0 Å². The second-order valence-corrected chi connectivity index (χ2v) is 7.98. The Kier molecular flexibility index (Phi) is 6.26. The van der Waals surface area contributed by atoms with Gasteiger partial charge in [0.1, 0.15) is 5.75 Å². The molecule has 0 atom stereocenters. The molecule has 0 unspecified atom stereocenters. The van der Waals surface area contributed by atoms with Crippen LogP contribution in [-0.4, -0.2) is 46.7 Å². The van der Waals surface area contributed by atoms with Crippen molar-refractivity contribution in [2.75, 3.05) is 33.4 Å². The van der Waals surface area contributed by atoms with Gasteiger partial charge in [-0.05, 0) is 35.4 Å². The SMILES string of the molecule is COc1ccc(S(=O)(=O)NCc2cccc(CN3CCOCC3)c2)cc1. The molecular weight excluding hydrogens is 352 g/mol. The van der Waals surface area contributed by atoms with E-state index in [1.54, 1.807) is 19.2 Å². The summed E-state index contributed by atoms with van der Waals surface area (Å²) in [5.41, 5.74) is 2.11. The monoisotopic (exact) mass is 376 g/mol. The Hall–Kier alpha value is -1.93. The van der Waals surface area contributed by atoms with Gasteiger partial charge < -0.3 is 9.47 Å². The molecule has 0 saturated carbocycles. The van der Waals surface area contributed by atoms with E-state index in [9.17, 15) is 8.42 Å². The first-order chi connectivity index (χ1) is 12.6. The van der Waals surface area contributed by atoms with E-state index < -0.39 is 10.0 Å². The number of sulfonamides is 1. The molecule has 0 aromatic heterocycles. The Morgan fingerprint density at radius 3 is 2.46 bits per heavy atom. The zero-order valence-electron chi connectivity index (χ0n) is 14.8. The van der Waals surface area contributed by atoms with Crippen LogP contribution < -0.4 is 9.46 Å². The fourth-order valence-corrected chi connectivity index (χ4v) is 3.89. The van der Waals surface area contributed by atoms with Gasteiger partial charge in [0.05, 0.1) is 25.2 Å². The summed E-state index contributed by atoms with van der Waals surface area (Å²) in [6.45, 7) is 4.49. The molecule has 26 heavy (non-hydrogen) atoms. The lowest BCUT2D eigenvalue weighted by Crippen LogP contribution is -2.35. The van der Waals surface area contributed by atoms with Crippen molar-refractivity contribution in [1.82, 2.24) is 9.62 Å². The molecule has 0 bridgehead atoms. The van der Waals surface area contributed by atoms with Crippen molar-refractivity contribution in [3.63, 3.8) is 0 Å². The first-order valence-corrected chi connectivity index (χ1v) is 10.1. The Labute approximate surface area is 154 Å². The number of hydrogen-bond acceptors (Lipinski definition) is 5. The van der Waals surface area contributed by atoms with E-state index in [0.29, 0.717) is 5.75 Å². The molecule has 7 heteroatoms. The van der Waals surface area contributed by atoms with E-state index >= 15 is 0 Å². The smallest absolute Gasteiger partial charge is 0.240 e. The third kappa shape index (κ3) is 5.04. The van der Waals surface area contributed by atoms with E-state index in [1.165, 1.54) is 17.7 Å². The number of rotatable bonds is 7. The Morgan fingerprint density at radius 2 is 1.77 bits per heavy atom. The van der Waals surface area contributed by atoms with Gasteiger partial charge in [-0.3, -0.25) is 4.90 Å². The zero-order chi connectivity index (χ0) is 18.4. The first-order valence-electron chi connectivity index (χ1n) is 8.58. The molecule has 2 aromatic rings. The largest absolute Gasteiger partial charge is 0.497 e. The zero-order valence-corrected chi connectivity index (χ0v) is 15.7. The average Bonchev–Trinajstić information content (AvgIpc) is 2.68. The molecule has 0 radical (unpaired) electrons. The summed E-state index contributed by atoms with van der Waals surface area (Å²) < 4.78 is 38.0. The summed E-state index contributed by atoms with van der Waals surface area (Å²) in [5, 5.41) is 0. The van der Waals surface area contributed by atoms with Gasteiger partial charge in [0.2, 0.25) is 10.0 Å². The predicted octanol–water partition coefficient (Wildman–Crippen LogP) is 2.01. The molecule has 140 valence electrons. The fraction of sp³-hybridized carbons (Fsp3) is 0.368. The number of benzene rings is 2. The highest BCUT2D eigenvalue weighted by Gasteiger charge is 2.14. The summed E-state index contributed by atoms with van der Waals surface area (Å²) in [6, 6.07) is 14.4. The molecule has 6 nitrogen and oxygen atoms in total. The Balaban J connectivity index is 1.62. The van der Waals surface area contributed by atoms with Crippen LogP contribution in [0.3, 0.4) is 0 Å². The molecule has 1 fully saturated rings. The fourth-order valence-electron chi connectivity index (χ4n) is 2.87. The third-order valence-electron chi connectivity index (χ3n) is 4.34. The number of hydrogen-bond donors (Lipinski definition) is 1. The van der Waals surface area contributed by atoms with E-state index in [2.05, 4.69) is 15.7 Å². The van der Waals surface area contributed by atoms with Crippen molar-refractivity contribution in [2.45, 2.75) is 18.0 Å². The maximum atomic E-state index is 12.4. The second kappa shape index (κ2) is 8.64. The molecular formula is C19H24N2O4S. The molecule has 1 heterocycles. The van der Waals surface area contributed by atoms with E-state index in [-0.39, 0.29) is 11.4 Å². The van der Waals surface area contributed by atoms with Crippen LogP contribution in [0, 0.1) is 0 Å². The van der Waals surface area contributed by atoms with Crippen molar-refractivity contribution in [3.8, 4) is 5.75 Å². The maximum absolute atomic E-state index is 12.4. The molecule has 1 N–H and O–H groups in total. The van der Waals surface area contributed by atoms with Gasteiger partial charge in [-0.25, -0.2) is 13.1 Å². The van der Waals surface area contributed by atoms with E-state index in [4.69, 9.17) is 9.47 Å². The van der Waals surface area contributed by atoms with Crippen LogP contribution in [0.5, 0.6) is 5.75 Å². The van der Waals surface area contributed by atoms with Crippen LogP contribution in [0.25, 0.3) is 0 Å². The Morgan fingerprint density at radius 1 is 1.08 bits per heavy atom. The minimum absolute atomic E-state index is 0.225. The molecule has 0 amide bonds. The van der Waals surface area contributed by atoms with Gasteiger partial charge in [-0.15, -0.1) is 0 Å². The predicted molar refractivity (Wildman–Crippen MR) is 99.6 cm³/mol. The topological polar surface area (TPSA) is 67.9 Å². The maximum Gasteiger partial charge on any atom is 0.240 e. The third-order valence-corrected chi connectivity index (χ3v) is 5.75. The van der Waals surface area contributed by atoms with Crippen molar-refractivity contribution < 1.29 is 17.9 Å². The summed E-state index contributed by atoms with van der Waals surface area (Å²) in [6.07, 6.45) is 0. The molecule has 0 spiro atoms. The van der Waals surface area contributed by atoms with Crippen LogP contribution in [-0.2, 0) is 27.8 Å². The minimum atomic E-state index is -3.56. The molecule has 1 aliphatic rings. The standard InChI is InChI=1S/C19H24N2O4S/c1-24-18-5-7-19(8-6-18)26(22,23)20-14-16-3-2-4-17(13-16)15-21-9-11-25-12-10-21/h2-8,13,20H,9-12,14-15H2,1H3. The van der Waals surface area contributed by atoms with E-state index in [0.717, 1.165) is 38.4 Å². The van der Waals surface area contributed by atoms with Gasteiger partial charge in [-0.2, -0.15) is 0 Å². The van der Waals surface area contributed by atoms with Crippen LogP contribution >= 0.6 is 0 Å². The normalized spacial score (nSPS) is 15.7. The molecule has 3 rings (SSSR count). The van der Waals surface area contributed by atoms with Crippen molar-refractivity contribution in [3.05, 3.63) is 59.7 Å². The quantitative estimate of drug-likeness (QED) is 0.801. The average molecular weight is 376 g/mol. The molecule has 0 aliphatic carbocycles. The van der Waals surface area contributed by atoms with Crippen LogP contribution in [0.4, 0.5) is 0 Å². The van der Waals surface area contributed by atoms with E-state index in [1.807, 2.05) is 18.2 Å².